The summed E-state index contributed by atoms with van der Waals surface area (Å²) in [5.74, 6) is -2.48. The van der Waals surface area contributed by atoms with Gasteiger partial charge >= 0.3 is 5.97 Å². The van der Waals surface area contributed by atoms with E-state index < -0.39 is 33.8 Å². The van der Waals surface area contributed by atoms with Crippen LogP contribution in [0.15, 0.2) is 21.9 Å². The summed E-state index contributed by atoms with van der Waals surface area (Å²) in [6.45, 7) is 0.407. The predicted octanol–water partition coefficient (Wildman–Crippen LogP) is 0.287. The van der Waals surface area contributed by atoms with Gasteiger partial charge in [-0.25, -0.2) is 22.9 Å². The number of thiazole rings is 1. The van der Waals surface area contributed by atoms with Crippen molar-refractivity contribution in [3.8, 4) is 0 Å². The first-order chi connectivity index (χ1) is 19.5. The van der Waals surface area contributed by atoms with Gasteiger partial charge in [-0.05, 0) is 29.7 Å². The molecule has 2 saturated heterocycles. The van der Waals surface area contributed by atoms with Gasteiger partial charge in [-0.1, -0.05) is 11.8 Å². The number of fused-ring (bicyclic) bond motifs is 1. The summed E-state index contributed by atoms with van der Waals surface area (Å²) >= 11 is 3.37. The minimum absolute atomic E-state index is 0.00541. The fraction of sp³-hybridized carbons (Fsp3) is 0.571. The summed E-state index contributed by atoms with van der Waals surface area (Å²) in [6.07, 6.45) is 2.45. The van der Waals surface area contributed by atoms with Crippen molar-refractivity contribution in [2.24, 2.45) is 7.05 Å². The Labute approximate surface area is 246 Å². The number of sulfonamides is 1. The van der Waals surface area contributed by atoms with E-state index in [4.69, 9.17) is 9.47 Å². The Kier molecular flexibility index (Phi) is 8.58. The van der Waals surface area contributed by atoms with E-state index in [1.54, 1.807) is 7.05 Å². The van der Waals surface area contributed by atoms with Gasteiger partial charge in [-0.2, -0.15) is 0 Å². The van der Waals surface area contributed by atoms with Crippen molar-refractivity contribution >= 4 is 67.8 Å². The lowest BCUT2D eigenvalue weighted by Gasteiger charge is -2.44. The summed E-state index contributed by atoms with van der Waals surface area (Å²) in [4.78, 5) is 44.3. The molecule has 2 amide bonds. The fourth-order valence-corrected chi connectivity index (χ4v) is 8.18. The molecule has 5 heterocycles. The number of nitrogens with zero attached hydrogens (tertiary/aromatic N) is 6. The van der Waals surface area contributed by atoms with Gasteiger partial charge in [0.25, 0.3) is 5.91 Å². The molecule has 3 atom stereocenters. The number of hydrogen-bond donors (Lipinski definition) is 3. The highest BCUT2D eigenvalue weighted by atomic mass is 32.2. The number of ether oxygens (including phenoxy) is 2. The summed E-state index contributed by atoms with van der Waals surface area (Å²) in [5.41, 5.74) is -2.11. The van der Waals surface area contributed by atoms with E-state index in [0.29, 0.717) is 18.2 Å². The number of rotatable bonds is 11. The van der Waals surface area contributed by atoms with Crippen LogP contribution in [0.2, 0.25) is 0 Å². The molecular formula is C21H26N8O8S4. The van der Waals surface area contributed by atoms with Gasteiger partial charge in [0.05, 0.1) is 29.4 Å². The molecule has 3 unspecified atom stereocenters. The third-order valence-electron chi connectivity index (χ3n) is 6.33. The topological polar surface area (TPSA) is 208 Å². The zero-order valence-corrected chi connectivity index (χ0v) is 25.1. The maximum atomic E-state index is 14.3. The quantitative estimate of drug-likeness (QED) is 0.222. The highest BCUT2D eigenvalue weighted by Gasteiger charge is 2.50. The predicted molar refractivity (Wildman–Crippen MR) is 147 cm³/mol. The number of carboxylic acids is 1. The summed E-state index contributed by atoms with van der Waals surface area (Å²) < 4.78 is 39.7. The summed E-state index contributed by atoms with van der Waals surface area (Å²) in [7, 11) is -2.06. The van der Waals surface area contributed by atoms with Crippen LogP contribution in [0.25, 0.3) is 0 Å². The van der Waals surface area contributed by atoms with E-state index >= 15 is 0 Å². The third kappa shape index (κ3) is 6.36. The number of anilines is 1. The number of carbonyl (C=O) groups excluding carboxylic acids is 2. The molecule has 2 fully saturated rings. The highest BCUT2D eigenvalue weighted by molar-refractivity contribution is 8.00. The van der Waals surface area contributed by atoms with Gasteiger partial charge in [-0.3, -0.25) is 19.2 Å². The Hall–Kier alpha value is -2.78. The monoisotopic (exact) mass is 646 g/mol. The Bertz CT molecular complexity index is 1490. The smallest absolute Gasteiger partial charge is 0.354 e. The Morgan fingerprint density at radius 2 is 2.17 bits per heavy atom. The van der Waals surface area contributed by atoms with Crippen LogP contribution in [0.1, 0.15) is 31.4 Å². The maximum Gasteiger partial charge on any atom is 0.354 e. The Morgan fingerprint density at radius 3 is 2.80 bits per heavy atom. The third-order valence-corrected chi connectivity index (χ3v) is 10.2. The summed E-state index contributed by atoms with van der Waals surface area (Å²) in [5, 5.41) is 25.6. The summed E-state index contributed by atoms with van der Waals surface area (Å²) in [6, 6.07) is 0. The van der Waals surface area contributed by atoms with Crippen LogP contribution in [-0.2, 0) is 46.5 Å². The number of tetrazole rings is 1. The molecule has 0 aromatic carbocycles. The van der Waals surface area contributed by atoms with Crippen molar-refractivity contribution in [3.05, 3.63) is 22.5 Å². The number of hydrogen-bond acceptors (Lipinski definition) is 14. The molecule has 3 aliphatic rings. The van der Waals surface area contributed by atoms with Crippen LogP contribution < -0.4 is 10.0 Å². The number of aromatic nitrogens is 5. The van der Waals surface area contributed by atoms with Gasteiger partial charge in [0.15, 0.2) is 17.1 Å². The molecule has 3 N–H and O–H groups in total. The Morgan fingerprint density at radius 1 is 1.37 bits per heavy atom. The first-order valence-electron chi connectivity index (χ1n) is 12.3. The van der Waals surface area contributed by atoms with E-state index in [1.165, 1.54) is 21.8 Å². The molecule has 16 nitrogen and oxygen atoms in total. The normalized spacial score (nSPS) is 22.5. The SMILES string of the molecule is Cn1nnnc1SCC(OC1CCCCO1)(C(=O)NC1=C(C(=O)O)N2C(=O)CC2SC1)c1csc(NS(C)(=O)=O)n1. The number of thioether (sulfide) groups is 2. The minimum atomic E-state index is -3.68. The maximum absolute atomic E-state index is 14.3. The average molecular weight is 647 g/mol. The van der Waals surface area contributed by atoms with Crippen LogP contribution in [0, 0.1) is 0 Å². The van der Waals surface area contributed by atoms with E-state index in [0.717, 1.165) is 47.1 Å². The van der Waals surface area contributed by atoms with Gasteiger partial charge < -0.3 is 19.9 Å². The molecule has 0 radical (unpaired) electrons. The molecule has 0 aliphatic carbocycles. The van der Waals surface area contributed by atoms with Gasteiger partial charge in [-0.15, -0.1) is 28.2 Å². The number of β-lactam (4-membered cyclic amide) rings is 1. The van der Waals surface area contributed by atoms with E-state index in [1.807, 2.05) is 0 Å². The molecular weight excluding hydrogens is 621 g/mol. The molecule has 0 spiro atoms. The lowest BCUT2D eigenvalue weighted by molar-refractivity contribution is -0.222. The van der Waals surface area contributed by atoms with Crippen molar-refractivity contribution < 1.29 is 37.4 Å². The lowest BCUT2D eigenvalue weighted by atomic mass is 10.0. The largest absolute Gasteiger partial charge is 0.477 e. The van der Waals surface area contributed by atoms with Gasteiger partial charge in [0.2, 0.25) is 26.7 Å². The average Bonchev–Trinajstić information content (AvgIpc) is 3.54. The second-order valence-corrected chi connectivity index (χ2v) is 14.1. The molecule has 3 aliphatic heterocycles. The standard InChI is InChI=1S/C21H26N8O8S4/c1-28-20(24-26-27-28)40-10-21(37-15-5-3-4-6-36-15,12-9-39-19(23-12)25-41(2,34)35)18(33)22-11-8-38-14-7-13(30)29(14)16(11)17(31)32/h9,14-15H,3-8,10H2,1-2H3,(H,22,33)(H,23,25)(H,31,32). The van der Waals surface area contributed by atoms with Crippen LogP contribution in [0.4, 0.5) is 5.13 Å². The zero-order valence-electron chi connectivity index (χ0n) is 21.8. The second-order valence-electron chi connectivity index (χ2n) is 9.35. The number of aryl methyl sites for hydroxylation is 1. The molecule has 0 bridgehead atoms. The van der Waals surface area contributed by atoms with Crippen molar-refractivity contribution in [3.63, 3.8) is 0 Å². The second kappa shape index (κ2) is 11.8. The van der Waals surface area contributed by atoms with Crippen LogP contribution >= 0.6 is 34.9 Å². The van der Waals surface area contributed by atoms with Gasteiger partial charge in [0, 0.05) is 30.5 Å². The first-order valence-corrected chi connectivity index (χ1v) is 17.1. The van der Waals surface area contributed by atoms with Crippen molar-refractivity contribution in [2.45, 2.75) is 48.1 Å². The number of amides is 2. The molecule has 5 rings (SSSR count). The van der Waals surface area contributed by atoms with E-state index in [9.17, 15) is 27.9 Å². The highest BCUT2D eigenvalue weighted by Crippen LogP contribution is 2.41. The van der Waals surface area contributed by atoms with Crippen LogP contribution in [-0.4, -0.2) is 97.4 Å². The molecule has 0 saturated carbocycles. The molecule has 41 heavy (non-hydrogen) atoms. The van der Waals surface area contributed by atoms with Crippen molar-refractivity contribution in [1.29, 1.82) is 0 Å². The van der Waals surface area contributed by atoms with Crippen LogP contribution in [0.3, 0.4) is 0 Å². The van der Waals surface area contributed by atoms with Crippen molar-refractivity contribution in [1.82, 2.24) is 35.4 Å². The number of carboxylic acid groups (broad SMARTS) is 1. The van der Waals surface area contributed by atoms with E-state index in [-0.39, 0.29) is 51.4 Å². The zero-order chi connectivity index (χ0) is 29.4. The first kappa shape index (κ1) is 29.7. The number of aliphatic carboxylic acids is 1. The lowest BCUT2D eigenvalue weighted by Crippen LogP contribution is -2.57. The number of carbonyl (C=O) groups is 3. The molecule has 20 heteroatoms. The van der Waals surface area contributed by atoms with Crippen LogP contribution in [0.5, 0.6) is 0 Å². The van der Waals surface area contributed by atoms with Gasteiger partial charge in [0.1, 0.15) is 0 Å². The molecule has 222 valence electrons. The number of nitrogens with one attached hydrogen (secondary N) is 2. The van der Waals surface area contributed by atoms with Crippen molar-refractivity contribution in [2.75, 3.05) is 29.1 Å². The fourth-order valence-electron chi connectivity index (χ4n) is 4.35. The van der Waals surface area contributed by atoms with E-state index in [2.05, 4.69) is 30.5 Å². The molecule has 2 aromatic rings. The molecule has 2 aromatic heterocycles. The minimum Gasteiger partial charge on any atom is -0.477 e. The Balaban J connectivity index is 1.57.